The SMILES string of the molecule is Cc1noc(CNCC(CNC(=O)OC(C)(C)C)C(C)C)n1. The van der Waals surface area contributed by atoms with Crippen LogP contribution in [0.25, 0.3) is 0 Å². The molecule has 1 heterocycles. The molecule has 2 N–H and O–H groups in total. The Labute approximate surface area is 132 Å². The molecule has 0 spiro atoms. The standard InChI is InChI=1S/C15H28N4O3/c1-10(2)12(8-17-14(20)21-15(4,5)6)7-16-9-13-18-11(3)19-22-13/h10,12,16H,7-9H2,1-6H3,(H,17,20). The van der Waals surface area contributed by atoms with Crippen molar-refractivity contribution in [1.82, 2.24) is 20.8 Å². The van der Waals surface area contributed by atoms with Crippen LogP contribution in [-0.2, 0) is 11.3 Å². The van der Waals surface area contributed by atoms with Crippen molar-refractivity contribution < 1.29 is 14.1 Å². The molecule has 7 heteroatoms. The molecular weight excluding hydrogens is 284 g/mol. The van der Waals surface area contributed by atoms with E-state index in [0.717, 1.165) is 6.54 Å². The smallest absolute Gasteiger partial charge is 0.407 e. The highest BCUT2D eigenvalue weighted by atomic mass is 16.6. The lowest BCUT2D eigenvalue weighted by Crippen LogP contribution is -2.39. The summed E-state index contributed by atoms with van der Waals surface area (Å²) in [5.74, 6) is 1.91. The van der Waals surface area contributed by atoms with Gasteiger partial charge in [0.2, 0.25) is 5.89 Å². The van der Waals surface area contributed by atoms with Gasteiger partial charge in [-0.2, -0.15) is 4.98 Å². The highest BCUT2D eigenvalue weighted by Gasteiger charge is 2.19. The number of aryl methyl sites for hydroxylation is 1. The number of aromatic nitrogens is 2. The van der Waals surface area contributed by atoms with Crippen molar-refractivity contribution in [2.75, 3.05) is 13.1 Å². The molecule has 0 saturated carbocycles. The number of alkyl carbamates (subject to hydrolysis) is 1. The van der Waals surface area contributed by atoms with Gasteiger partial charge in [0.15, 0.2) is 5.82 Å². The number of nitrogens with one attached hydrogen (secondary N) is 2. The van der Waals surface area contributed by atoms with Crippen LogP contribution < -0.4 is 10.6 Å². The van der Waals surface area contributed by atoms with Crippen LogP contribution in [0.15, 0.2) is 4.52 Å². The van der Waals surface area contributed by atoms with Crippen LogP contribution in [-0.4, -0.2) is 34.9 Å². The Kier molecular flexibility index (Phi) is 6.80. The molecule has 0 bridgehead atoms. The van der Waals surface area contributed by atoms with Gasteiger partial charge in [0, 0.05) is 13.1 Å². The van der Waals surface area contributed by atoms with Gasteiger partial charge in [-0.3, -0.25) is 0 Å². The predicted molar refractivity (Wildman–Crippen MR) is 83.3 cm³/mol. The quantitative estimate of drug-likeness (QED) is 0.803. The zero-order valence-corrected chi connectivity index (χ0v) is 14.4. The van der Waals surface area contributed by atoms with E-state index >= 15 is 0 Å². The Morgan fingerprint density at radius 2 is 2.00 bits per heavy atom. The van der Waals surface area contributed by atoms with Crippen LogP contribution in [0.4, 0.5) is 4.79 Å². The maximum Gasteiger partial charge on any atom is 0.407 e. The Morgan fingerprint density at radius 1 is 1.32 bits per heavy atom. The third kappa shape index (κ3) is 7.40. The molecular formula is C15H28N4O3. The number of amides is 1. The summed E-state index contributed by atoms with van der Waals surface area (Å²) in [5.41, 5.74) is -0.481. The first-order valence-electron chi connectivity index (χ1n) is 7.64. The molecule has 1 unspecified atom stereocenters. The topological polar surface area (TPSA) is 89.3 Å². The highest BCUT2D eigenvalue weighted by Crippen LogP contribution is 2.10. The van der Waals surface area contributed by atoms with E-state index in [9.17, 15) is 4.79 Å². The van der Waals surface area contributed by atoms with Gasteiger partial charge in [-0.1, -0.05) is 19.0 Å². The zero-order valence-electron chi connectivity index (χ0n) is 14.4. The van der Waals surface area contributed by atoms with E-state index in [1.54, 1.807) is 6.92 Å². The maximum atomic E-state index is 11.7. The lowest BCUT2D eigenvalue weighted by molar-refractivity contribution is 0.0514. The molecule has 7 nitrogen and oxygen atoms in total. The molecule has 0 aromatic carbocycles. The van der Waals surface area contributed by atoms with Crippen molar-refractivity contribution in [3.63, 3.8) is 0 Å². The second-order valence-corrected chi connectivity index (χ2v) is 6.75. The molecule has 0 aliphatic carbocycles. The first-order chi connectivity index (χ1) is 10.2. The first kappa shape index (κ1) is 18.4. The fraction of sp³-hybridized carbons (Fsp3) is 0.800. The molecule has 22 heavy (non-hydrogen) atoms. The third-order valence-corrected chi connectivity index (χ3v) is 3.10. The van der Waals surface area contributed by atoms with Gasteiger partial charge in [0.25, 0.3) is 0 Å². The van der Waals surface area contributed by atoms with E-state index in [1.807, 2.05) is 20.8 Å². The molecule has 0 radical (unpaired) electrons. The minimum atomic E-state index is -0.481. The summed E-state index contributed by atoms with van der Waals surface area (Å²) in [4.78, 5) is 15.8. The number of rotatable bonds is 7. The number of nitrogens with zero attached hydrogens (tertiary/aromatic N) is 2. The first-order valence-corrected chi connectivity index (χ1v) is 7.64. The minimum absolute atomic E-state index is 0.288. The summed E-state index contributed by atoms with van der Waals surface area (Å²) in [6.45, 7) is 13.4. The average molecular weight is 312 g/mol. The van der Waals surface area contributed by atoms with Crippen LogP contribution in [0.3, 0.4) is 0 Å². The van der Waals surface area contributed by atoms with Crippen LogP contribution in [0.1, 0.15) is 46.3 Å². The molecule has 1 atom stereocenters. The summed E-state index contributed by atoms with van der Waals surface area (Å²) in [6.07, 6.45) is -0.384. The Balaban J connectivity index is 2.34. The van der Waals surface area contributed by atoms with Crippen molar-refractivity contribution in [2.45, 2.75) is 53.7 Å². The summed E-state index contributed by atoms with van der Waals surface area (Å²) in [6, 6.07) is 0. The second-order valence-electron chi connectivity index (χ2n) is 6.75. The minimum Gasteiger partial charge on any atom is -0.444 e. The van der Waals surface area contributed by atoms with Gasteiger partial charge in [0.05, 0.1) is 6.54 Å². The van der Waals surface area contributed by atoms with Crippen LogP contribution in [0, 0.1) is 18.8 Å². The lowest BCUT2D eigenvalue weighted by atomic mass is 9.96. The van der Waals surface area contributed by atoms with Gasteiger partial charge in [-0.15, -0.1) is 0 Å². The van der Waals surface area contributed by atoms with Gasteiger partial charge < -0.3 is 19.9 Å². The molecule has 126 valence electrons. The fourth-order valence-corrected chi connectivity index (χ4v) is 1.85. The normalized spacial score (nSPS) is 13.2. The average Bonchev–Trinajstić information content (AvgIpc) is 2.76. The van der Waals surface area contributed by atoms with E-state index in [-0.39, 0.29) is 12.0 Å². The van der Waals surface area contributed by atoms with Crippen molar-refractivity contribution in [3.05, 3.63) is 11.7 Å². The summed E-state index contributed by atoms with van der Waals surface area (Å²) < 4.78 is 10.3. The summed E-state index contributed by atoms with van der Waals surface area (Å²) in [5, 5.41) is 9.84. The highest BCUT2D eigenvalue weighted by molar-refractivity contribution is 5.67. The van der Waals surface area contributed by atoms with E-state index in [1.165, 1.54) is 0 Å². The Hall–Kier alpha value is -1.63. The van der Waals surface area contributed by atoms with Gasteiger partial charge in [0.1, 0.15) is 5.60 Å². The molecule has 0 saturated heterocycles. The van der Waals surface area contributed by atoms with Crippen molar-refractivity contribution in [3.8, 4) is 0 Å². The molecule has 1 aromatic heterocycles. The van der Waals surface area contributed by atoms with Crippen molar-refractivity contribution in [2.24, 2.45) is 11.8 Å². The largest absolute Gasteiger partial charge is 0.444 e. The summed E-state index contributed by atoms with van der Waals surface area (Å²) in [7, 11) is 0. The monoisotopic (exact) mass is 312 g/mol. The zero-order chi connectivity index (χ0) is 16.8. The molecule has 0 aliphatic heterocycles. The van der Waals surface area contributed by atoms with Crippen LogP contribution in [0.5, 0.6) is 0 Å². The maximum absolute atomic E-state index is 11.7. The van der Waals surface area contributed by atoms with Crippen LogP contribution >= 0.6 is 0 Å². The van der Waals surface area contributed by atoms with E-state index in [2.05, 4.69) is 34.6 Å². The van der Waals surface area contributed by atoms with Crippen LogP contribution in [0.2, 0.25) is 0 Å². The summed E-state index contributed by atoms with van der Waals surface area (Å²) >= 11 is 0. The van der Waals surface area contributed by atoms with Gasteiger partial charge in [-0.05, 0) is 39.5 Å². The third-order valence-electron chi connectivity index (χ3n) is 3.10. The second kappa shape index (κ2) is 8.12. The van der Waals surface area contributed by atoms with Crippen molar-refractivity contribution in [1.29, 1.82) is 0 Å². The number of ether oxygens (including phenoxy) is 1. The lowest BCUT2D eigenvalue weighted by Gasteiger charge is -2.24. The molecule has 1 aromatic rings. The molecule has 0 aliphatic rings. The number of hydrogen-bond donors (Lipinski definition) is 2. The Bertz CT molecular complexity index is 466. The number of hydrogen-bond acceptors (Lipinski definition) is 6. The number of carbonyl (C=O) groups excluding carboxylic acids is 1. The van der Waals surface area contributed by atoms with Gasteiger partial charge in [-0.25, -0.2) is 4.79 Å². The molecule has 0 fully saturated rings. The fourth-order valence-electron chi connectivity index (χ4n) is 1.85. The van der Waals surface area contributed by atoms with E-state index in [0.29, 0.717) is 30.7 Å². The Morgan fingerprint density at radius 3 is 2.50 bits per heavy atom. The van der Waals surface area contributed by atoms with Gasteiger partial charge >= 0.3 is 6.09 Å². The van der Waals surface area contributed by atoms with E-state index in [4.69, 9.17) is 9.26 Å². The number of carbonyl (C=O) groups is 1. The molecule has 1 amide bonds. The van der Waals surface area contributed by atoms with E-state index < -0.39 is 5.60 Å². The molecule has 1 rings (SSSR count). The van der Waals surface area contributed by atoms with Crippen molar-refractivity contribution >= 4 is 6.09 Å². The predicted octanol–water partition coefficient (Wildman–Crippen LogP) is 2.26.